The van der Waals surface area contributed by atoms with Gasteiger partial charge in [-0.05, 0) is 12.5 Å². The molecule has 0 amide bonds. The largest absolute Gasteiger partial charge is 0.508 e. The lowest BCUT2D eigenvalue weighted by atomic mass is 10.1. The van der Waals surface area contributed by atoms with Crippen LogP contribution in [0.15, 0.2) is 24.3 Å². The maximum atomic E-state index is 11.1. The molecule has 0 unspecified atom stereocenters. The first-order valence-electron chi connectivity index (χ1n) is 5.26. The monoisotopic (exact) mass is 238 g/mol. The highest BCUT2D eigenvalue weighted by atomic mass is 16.7. The summed E-state index contributed by atoms with van der Waals surface area (Å²) < 4.78 is 9.50. The molecule has 0 aliphatic rings. The van der Waals surface area contributed by atoms with Gasteiger partial charge in [0.25, 0.3) is 0 Å². The third kappa shape index (κ3) is 4.14. The summed E-state index contributed by atoms with van der Waals surface area (Å²) >= 11 is 0. The number of ether oxygens (including phenoxy) is 2. The highest BCUT2D eigenvalue weighted by molar-refractivity contribution is 5.89. The van der Waals surface area contributed by atoms with Crippen LogP contribution in [0.4, 0.5) is 4.79 Å². The van der Waals surface area contributed by atoms with Gasteiger partial charge < -0.3 is 14.6 Å². The van der Waals surface area contributed by atoms with Crippen molar-refractivity contribution in [3.8, 4) is 0 Å². The normalized spacial score (nSPS) is 9.71. The average Bonchev–Trinajstić information content (AvgIpc) is 2.34. The van der Waals surface area contributed by atoms with Gasteiger partial charge in [-0.1, -0.05) is 25.1 Å². The summed E-state index contributed by atoms with van der Waals surface area (Å²) in [7, 11) is 0. The molecular weight excluding hydrogens is 224 g/mol. The number of carboxylic acids is 1. The Kier molecular flexibility index (Phi) is 5.00. The number of carbonyl (C=O) groups is 2. The van der Waals surface area contributed by atoms with E-state index >= 15 is 0 Å². The fourth-order valence-electron chi connectivity index (χ4n) is 1.22. The third-order valence-corrected chi connectivity index (χ3v) is 2.02. The van der Waals surface area contributed by atoms with Gasteiger partial charge in [0.1, 0.15) is 6.61 Å². The van der Waals surface area contributed by atoms with Crippen molar-refractivity contribution in [2.75, 3.05) is 6.61 Å². The first kappa shape index (κ1) is 13.0. The number of aromatic carboxylic acids is 1. The summed E-state index contributed by atoms with van der Waals surface area (Å²) in [5.41, 5.74) is 0.559. The van der Waals surface area contributed by atoms with Crippen LogP contribution in [0.1, 0.15) is 29.3 Å². The lowest BCUT2D eigenvalue weighted by Gasteiger charge is -2.07. The summed E-state index contributed by atoms with van der Waals surface area (Å²) in [4.78, 5) is 21.9. The molecule has 1 aromatic rings. The fourth-order valence-corrected chi connectivity index (χ4v) is 1.22. The molecule has 0 radical (unpaired) electrons. The minimum Gasteiger partial charge on any atom is -0.478 e. The van der Waals surface area contributed by atoms with Crippen LogP contribution in [0.2, 0.25) is 0 Å². The predicted molar refractivity (Wildman–Crippen MR) is 59.8 cm³/mol. The minimum absolute atomic E-state index is 0.106. The molecule has 0 spiro atoms. The van der Waals surface area contributed by atoms with Gasteiger partial charge in [0.2, 0.25) is 0 Å². The Morgan fingerprint density at radius 2 is 1.94 bits per heavy atom. The Bertz CT molecular complexity index is 400. The highest BCUT2D eigenvalue weighted by Crippen LogP contribution is 2.10. The maximum absolute atomic E-state index is 11.1. The molecule has 5 nitrogen and oxygen atoms in total. The van der Waals surface area contributed by atoms with E-state index in [0.717, 1.165) is 0 Å². The van der Waals surface area contributed by atoms with Gasteiger partial charge in [-0.25, -0.2) is 9.59 Å². The van der Waals surface area contributed by atoms with Crippen molar-refractivity contribution in [2.24, 2.45) is 0 Å². The summed E-state index contributed by atoms with van der Waals surface area (Å²) in [6.07, 6.45) is -0.0760. The van der Waals surface area contributed by atoms with E-state index in [-0.39, 0.29) is 12.2 Å². The number of benzene rings is 1. The molecule has 1 rings (SSSR count). The lowest BCUT2D eigenvalue weighted by Crippen LogP contribution is -2.10. The molecule has 0 saturated heterocycles. The van der Waals surface area contributed by atoms with E-state index in [1.165, 1.54) is 6.07 Å². The number of hydrogen-bond acceptors (Lipinski definition) is 4. The molecule has 0 saturated carbocycles. The van der Waals surface area contributed by atoms with Gasteiger partial charge >= 0.3 is 12.1 Å². The summed E-state index contributed by atoms with van der Waals surface area (Å²) in [6.45, 7) is 2.05. The van der Waals surface area contributed by atoms with E-state index in [1.807, 2.05) is 6.92 Å². The zero-order valence-corrected chi connectivity index (χ0v) is 9.51. The first-order chi connectivity index (χ1) is 8.15. The highest BCUT2D eigenvalue weighted by Gasteiger charge is 2.11. The second kappa shape index (κ2) is 6.52. The molecule has 0 heterocycles. The predicted octanol–water partition coefficient (Wildman–Crippen LogP) is 2.45. The Balaban J connectivity index is 2.57. The molecule has 0 aromatic heterocycles. The van der Waals surface area contributed by atoms with E-state index in [0.29, 0.717) is 18.6 Å². The van der Waals surface area contributed by atoms with Crippen molar-refractivity contribution >= 4 is 12.1 Å². The maximum Gasteiger partial charge on any atom is 0.508 e. The van der Waals surface area contributed by atoms with E-state index < -0.39 is 12.1 Å². The second-order valence-corrected chi connectivity index (χ2v) is 3.35. The molecule has 17 heavy (non-hydrogen) atoms. The SMILES string of the molecule is CCCOC(=O)OCc1ccccc1C(=O)O. The van der Waals surface area contributed by atoms with Crippen LogP contribution in [0.25, 0.3) is 0 Å². The van der Waals surface area contributed by atoms with Crippen LogP contribution >= 0.6 is 0 Å². The Hall–Kier alpha value is -2.04. The Morgan fingerprint density at radius 3 is 2.59 bits per heavy atom. The van der Waals surface area contributed by atoms with Crippen LogP contribution in [0.3, 0.4) is 0 Å². The fraction of sp³-hybridized carbons (Fsp3) is 0.333. The van der Waals surface area contributed by atoms with Crippen LogP contribution in [-0.4, -0.2) is 23.8 Å². The summed E-state index contributed by atoms with van der Waals surface area (Å²) in [5.74, 6) is -1.05. The third-order valence-electron chi connectivity index (χ3n) is 2.02. The van der Waals surface area contributed by atoms with E-state index in [1.54, 1.807) is 18.2 Å². The number of rotatable bonds is 5. The van der Waals surface area contributed by atoms with E-state index in [9.17, 15) is 9.59 Å². The van der Waals surface area contributed by atoms with Gasteiger partial charge in [-0.15, -0.1) is 0 Å². The van der Waals surface area contributed by atoms with Crippen molar-refractivity contribution in [3.05, 3.63) is 35.4 Å². The van der Waals surface area contributed by atoms with Crippen LogP contribution in [-0.2, 0) is 16.1 Å². The Morgan fingerprint density at radius 1 is 1.24 bits per heavy atom. The molecule has 1 aromatic carbocycles. The second-order valence-electron chi connectivity index (χ2n) is 3.35. The summed E-state index contributed by atoms with van der Waals surface area (Å²) in [6, 6.07) is 6.35. The zero-order valence-electron chi connectivity index (χ0n) is 9.51. The molecule has 0 atom stereocenters. The van der Waals surface area contributed by atoms with Gasteiger partial charge in [-0.3, -0.25) is 0 Å². The van der Waals surface area contributed by atoms with Crippen molar-refractivity contribution in [1.29, 1.82) is 0 Å². The lowest BCUT2D eigenvalue weighted by molar-refractivity contribution is 0.0488. The molecule has 5 heteroatoms. The van der Waals surface area contributed by atoms with Crippen LogP contribution in [0.5, 0.6) is 0 Å². The average molecular weight is 238 g/mol. The Labute approximate surface area is 99.0 Å². The smallest absolute Gasteiger partial charge is 0.478 e. The van der Waals surface area contributed by atoms with Gasteiger partial charge in [0, 0.05) is 5.56 Å². The van der Waals surface area contributed by atoms with E-state index in [2.05, 4.69) is 0 Å². The van der Waals surface area contributed by atoms with Gasteiger partial charge in [-0.2, -0.15) is 0 Å². The van der Waals surface area contributed by atoms with E-state index in [4.69, 9.17) is 14.6 Å². The molecule has 0 aliphatic carbocycles. The molecule has 1 N–H and O–H groups in total. The molecular formula is C12H14O5. The minimum atomic E-state index is -1.05. The first-order valence-corrected chi connectivity index (χ1v) is 5.26. The topological polar surface area (TPSA) is 72.8 Å². The standard InChI is InChI=1S/C12H14O5/c1-2-7-16-12(15)17-8-9-5-3-4-6-10(9)11(13)14/h3-6H,2,7-8H2,1H3,(H,13,14). The van der Waals surface area contributed by atoms with Gasteiger partial charge in [0.15, 0.2) is 0 Å². The number of hydrogen-bond donors (Lipinski definition) is 1. The molecule has 0 bridgehead atoms. The van der Waals surface area contributed by atoms with Crippen molar-refractivity contribution in [1.82, 2.24) is 0 Å². The van der Waals surface area contributed by atoms with Crippen molar-refractivity contribution in [2.45, 2.75) is 20.0 Å². The zero-order chi connectivity index (χ0) is 12.7. The number of carboxylic acid groups (broad SMARTS) is 1. The van der Waals surface area contributed by atoms with Crippen LogP contribution < -0.4 is 0 Å². The van der Waals surface area contributed by atoms with Gasteiger partial charge in [0.05, 0.1) is 12.2 Å². The number of carbonyl (C=O) groups excluding carboxylic acids is 1. The van der Waals surface area contributed by atoms with Crippen molar-refractivity contribution < 1.29 is 24.2 Å². The quantitative estimate of drug-likeness (QED) is 0.797. The van der Waals surface area contributed by atoms with Crippen LogP contribution in [0, 0.1) is 0 Å². The molecule has 0 fully saturated rings. The molecule has 0 aliphatic heterocycles. The summed E-state index contributed by atoms with van der Waals surface area (Å²) in [5, 5.41) is 8.90. The molecule has 92 valence electrons. The van der Waals surface area contributed by atoms with Crippen molar-refractivity contribution in [3.63, 3.8) is 0 Å².